The molecule has 2 rings (SSSR count). The summed E-state index contributed by atoms with van der Waals surface area (Å²) in [4.78, 5) is 8.98. The number of aryl methyl sites for hydroxylation is 3. The highest BCUT2D eigenvalue weighted by atomic mass is 14.9. The van der Waals surface area contributed by atoms with Crippen LogP contribution in [0.1, 0.15) is 68.4 Å². The first-order chi connectivity index (χ1) is 8.36. The second-order valence-corrected chi connectivity index (χ2v) is 5.22. The second-order valence-electron chi connectivity index (χ2n) is 5.22. The maximum Gasteiger partial charge on any atom is 0.125 e. The summed E-state index contributed by atoms with van der Waals surface area (Å²) >= 11 is 0. The first-order valence-corrected chi connectivity index (χ1v) is 7.17. The topological polar surface area (TPSA) is 25.8 Å². The molecule has 1 aliphatic carbocycles. The van der Waals surface area contributed by atoms with Crippen molar-refractivity contribution in [3.8, 4) is 0 Å². The van der Waals surface area contributed by atoms with Crippen LogP contribution in [0.4, 0.5) is 0 Å². The Morgan fingerprint density at radius 1 is 0.824 bits per heavy atom. The first-order valence-electron chi connectivity index (χ1n) is 7.17. The van der Waals surface area contributed by atoms with Crippen LogP contribution in [0.3, 0.4) is 0 Å². The average molecular weight is 232 g/mol. The van der Waals surface area contributed by atoms with Crippen LogP contribution in [0, 0.1) is 6.92 Å². The van der Waals surface area contributed by atoms with E-state index in [-0.39, 0.29) is 0 Å². The van der Waals surface area contributed by atoms with Crippen molar-refractivity contribution < 1.29 is 0 Å². The van der Waals surface area contributed by atoms with Gasteiger partial charge in [0.2, 0.25) is 0 Å². The first kappa shape index (κ1) is 12.5. The molecule has 0 spiro atoms. The van der Waals surface area contributed by atoms with E-state index in [1.54, 1.807) is 0 Å². The lowest BCUT2D eigenvalue weighted by Gasteiger charge is -2.10. The van der Waals surface area contributed by atoms with Crippen LogP contribution >= 0.6 is 0 Å². The molecule has 0 amide bonds. The Morgan fingerprint density at radius 3 is 2.12 bits per heavy atom. The molecule has 0 aliphatic heterocycles. The van der Waals surface area contributed by atoms with Crippen molar-refractivity contribution >= 4 is 0 Å². The fourth-order valence-electron chi connectivity index (χ4n) is 2.64. The van der Waals surface area contributed by atoms with Gasteiger partial charge in [0.05, 0.1) is 0 Å². The van der Waals surface area contributed by atoms with Crippen molar-refractivity contribution in [2.45, 2.75) is 71.1 Å². The fourth-order valence-corrected chi connectivity index (χ4v) is 2.64. The molecule has 0 N–H and O–H groups in total. The van der Waals surface area contributed by atoms with Gasteiger partial charge in [-0.3, -0.25) is 0 Å². The minimum absolute atomic E-state index is 0.927. The van der Waals surface area contributed by atoms with Gasteiger partial charge in [0.1, 0.15) is 5.82 Å². The standard InChI is InChI=1S/C15H24N2/c1-13-16-12-14-10-8-6-4-2-3-5-7-9-11-15(14)17-13/h12H,2-11H2,1H3. The zero-order valence-electron chi connectivity index (χ0n) is 11.0. The Hall–Kier alpha value is -0.920. The van der Waals surface area contributed by atoms with Gasteiger partial charge in [0, 0.05) is 11.9 Å². The van der Waals surface area contributed by atoms with Crippen LogP contribution in [0.25, 0.3) is 0 Å². The van der Waals surface area contributed by atoms with E-state index in [1.165, 1.54) is 69.0 Å². The quantitative estimate of drug-likeness (QED) is 0.675. The molecule has 1 aromatic heterocycles. The van der Waals surface area contributed by atoms with E-state index < -0.39 is 0 Å². The molecule has 2 heteroatoms. The monoisotopic (exact) mass is 232 g/mol. The molecule has 1 aliphatic rings. The number of fused-ring (bicyclic) bond motifs is 1. The molecule has 0 saturated carbocycles. The van der Waals surface area contributed by atoms with Crippen molar-refractivity contribution in [2.24, 2.45) is 0 Å². The summed E-state index contributed by atoms with van der Waals surface area (Å²) in [6.07, 6.45) is 15.4. The second kappa shape index (κ2) is 6.73. The summed E-state index contributed by atoms with van der Waals surface area (Å²) < 4.78 is 0. The summed E-state index contributed by atoms with van der Waals surface area (Å²) in [7, 11) is 0. The smallest absolute Gasteiger partial charge is 0.125 e. The summed E-state index contributed by atoms with van der Waals surface area (Å²) in [5.74, 6) is 0.927. The minimum Gasteiger partial charge on any atom is -0.241 e. The van der Waals surface area contributed by atoms with Crippen molar-refractivity contribution in [3.05, 3.63) is 23.3 Å². The fraction of sp³-hybridized carbons (Fsp3) is 0.733. The maximum absolute atomic E-state index is 4.63. The van der Waals surface area contributed by atoms with E-state index >= 15 is 0 Å². The molecule has 1 heterocycles. The van der Waals surface area contributed by atoms with Gasteiger partial charge in [0.15, 0.2) is 0 Å². The molecule has 0 atom stereocenters. The van der Waals surface area contributed by atoms with E-state index in [9.17, 15) is 0 Å². The van der Waals surface area contributed by atoms with Gasteiger partial charge in [-0.25, -0.2) is 9.97 Å². The zero-order chi connectivity index (χ0) is 11.9. The highest BCUT2D eigenvalue weighted by Crippen LogP contribution is 2.17. The Labute approximate surface area is 105 Å². The molecule has 17 heavy (non-hydrogen) atoms. The van der Waals surface area contributed by atoms with Crippen LogP contribution in [-0.4, -0.2) is 9.97 Å². The van der Waals surface area contributed by atoms with Crippen molar-refractivity contribution in [1.29, 1.82) is 0 Å². The Bertz CT molecular complexity index is 347. The molecule has 0 bridgehead atoms. The largest absolute Gasteiger partial charge is 0.241 e. The van der Waals surface area contributed by atoms with Crippen molar-refractivity contribution in [3.63, 3.8) is 0 Å². The maximum atomic E-state index is 4.63. The lowest BCUT2D eigenvalue weighted by molar-refractivity contribution is 0.555. The normalized spacial score (nSPS) is 18.9. The number of rotatable bonds is 0. The molecule has 94 valence electrons. The van der Waals surface area contributed by atoms with Crippen LogP contribution in [0.2, 0.25) is 0 Å². The van der Waals surface area contributed by atoms with Gasteiger partial charge in [-0.15, -0.1) is 0 Å². The molecule has 0 saturated heterocycles. The third kappa shape index (κ3) is 4.10. The minimum atomic E-state index is 0.927. The molecular formula is C15H24N2. The van der Waals surface area contributed by atoms with Crippen LogP contribution in [-0.2, 0) is 12.8 Å². The SMILES string of the molecule is Cc1ncc2c(n1)CCCCCCCCCC2. The van der Waals surface area contributed by atoms with Crippen LogP contribution in [0.15, 0.2) is 6.20 Å². The van der Waals surface area contributed by atoms with E-state index in [4.69, 9.17) is 0 Å². The lowest BCUT2D eigenvalue weighted by atomic mass is 9.99. The molecule has 0 fully saturated rings. The Balaban J connectivity index is 2.05. The average Bonchev–Trinajstić information content (AvgIpc) is 2.31. The van der Waals surface area contributed by atoms with Crippen molar-refractivity contribution in [2.75, 3.05) is 0 Å². The van der Waals surface area contributed by atoms with E-state index in [1.807, 2.05) is 6.92 Å². The molecule has 1 aromatic rings. The lowest BCUT2D eigenvalue weighted by Crippen LogP contribution is -2.03. The summed E-state index contributed by atoms with van der Waals surface area (Å²) in [6.45, 7) is 2.00. The molecular weight excluding hydrogens is 208 g/mol. The van der Waals surface area contributed by atoms with Crippen LogP contribution in [0.5, 0.6) is 0 Å². The molecule has 0 radical (unpaired) electrons. The highest BCUT2D eigenvalue weighted by Gasteiger charge is 2.06. The predicted molar refractivity (Wildman–Crippen MR) is 71.1 cm³/mol. The van der Waals surface area contributed by atoms with E-state index in [0.29, 0.717) is 0 Å². The Morgan fingerprint density at radius 2 is 1.41 bits per heavy atom. The molecule has 2 nitrogen and oxygen atoms in total. The van der Waals surface area contributed by atoms with Gasteiger partial charge < -0.3 is 0 Å². The van der Waals surface area contributed by atoms with Gasteiger partial charge in [-0.1, -0.05) is 38.5 Å². The van der Waals surface area contributed by atoms with E-state index in [0.717, 1.165) is 12.2 Å². The predicted octanol–water partition coefficient (Wildman–Crippen LogP) is 4.00. The molecule has 0 aromatic carbocycles. The summed E-state index contributed by atoms with van der Waals surface area (Å²) in [5.41, 5.74) is 2.72. The van der Waals surface area contributed by atoms with E-state index in [2.05, 4.69) is 16.2 Å². The zero-order valence-corrected chi connectivity index (χ0v) is 11.0. The Kier molecular flexibility index (Phi) is 4.96. The third-order valence-corrected chi connectivity index (χ3v) is 3.68. The number of hydrogen-bond donors (Lipinski definition) is 0. The number of hydrogen-bond acceptors (Lipinski definition) is 2. The van der Waals surface area contributed by atoms with Gasteiger partial charge in [-0.2, -0.15) is 0 Å². The molecule has 0 unspecified atom stereocenters. The van der Waals surface area contributed by atoms with Crippen molar-refractivity contribution in [1.82, 2.24) is 9.97 Å². The number of aromatic nitrogens is 2. The number of nitrogens with zero attached hydrogens (tertiary/aromatic N) is 2. The highest BCUT2D eigenvalue weighted by molar-refractivity contribution is 5.18. The third-order valence-electron chi connectivity index (χ3n) is 3.68. The van der Waals surface area contributed by atoms with Crippen LogP contribution < -0.4 is 0 Å². The summed E-state index contributed by atoms with van der Waals surface area (Å²) in [6, 6.07) is 0. The van der Waals surface area contributed by atoms with Gasteiger partial charge in [-0.05, 0) is 38.2 Å². The summed E-state index contributed by atoms with van der Waals surface area (Å²) in [5, 5.41) is 0. The van der Waals surface area contributed by atoms with Gasteiger partial charge in [0.25, 0.3) is 0 Å². The van der Waals surface area contributed by atoms with Gasteiger partial charge >= 0.3 is 0 Å².